The molecule has 0 unspecified atom stereocenters. The van der Waals surface area contributed by atoms with Crippen LogP contribution in [0, 0.1) is 13.8 Å². The van der Waals surface area contributed by atoms with Gasteiger partial charge in [-0.2, -0.15) is 18.3 Å². The highest BCUT2D eigenvalue weighted by atomic mass is 35.5. The first kappa shape index (κ1) is 14.8. The summed E-state index contributed by atoms with van der Waals surface area (Å²) in [6.07, 6.45) is -4.56. The van der Waals surface area contributed by atoms with Crippen LogP contribution < -0.4 is 0 Å². The molecule has 0 bridgehead atoms. The lowest BCUT2D eigenvalue weighted by molar-refractivity contribution is -0.141. The number of rotatable bonds is 1. The Morgan fingerprint density at radius 2 is 1.73 bits per heavy atom. The summed E-state index contributed by atoms with van der Waals surface area (Å²) in [7, 11) is 0. The van der Waals surface area contributed by atoms with Gasteiger partial charge in [-0.25, -0.2) is 9.50 Å². The lowest BCUT2D eigenvalue weighted by atomic mass is 10.0. The van der Waals surface area contributed by atoms with E-state index in [0.29, 0.717) is 11.3 Å². The van der Waals surface area contributed by atoms with Crippen molar-refractivity contribution in [2.45, 2.75) is 20.0 Å². The van der Waals surface area contributed by atoms with E-state index in [0.717, 1.165) is 17.2 Å². The van der Waals surface area contributed by atoms with E-state index in [9.17, 15) is 13.2 Å². The zero-order valence-electron chi connectivity index (χ0n) is 11.7. The van der Waals surface area contributed by atoms with Crippen LogP contribution in [-0.4, -0.2) is 14.6 Å². The standard InChI is InChI=1S/C15H11ClF3N3/c1-8-3-5-10(6-4-8)13-9(2)21-22-12(16)7-11(15(17,18)19)20-14(13)22/h3-7H,1-2H3. The van der Waals surface area contributed by atoms with Gasteiger partial charge in [0.2, 0.25) is 0 Å². The first-order chi connectivity index (χ1) is 10.3. The smallest absolute Gasteiger partial charge is 0.223 e. The van der Waals surface area contributed by atoms with Crippen LogP contribution in [0.5, 0.6) is 0 Å². The average Bonchev–Trinajstić information content (AvgIpc) is 2.76. The van der Waals surface area contributed by atoms with Gasteiger partial charge in [-0.1, -0.05) is 41.4 Å². The predicted octanol–water partition coefficient (Wildman–Crippen LogP) is 4.69. The maximum Gasteiger partial charge on any atom is 0.433 e. The molecule has 1 aromatic carbocycles. The molecular formula is C15H11ClF3N3. The minimum Gasteiger partial charge on any atom is -0.223 e. The summed E-state index contributed by atoms with van der Waals surface area (Å²) in [5, 5.41) is 4.06. The number of hydrogen-bond donors (Lipinski definition) is 0. The predicted molar refractivity (Wildman–Crippen MR) is 77.9 cm³/mol. The Hall–Kier alpha value is -2.08. The fraction of sp³-hybridized carbons (Fsp3) is 0.200. The number of benzene rings is 1. The number of halogens is 4. The van der Waals surface area contributed by atoms with E-state index in [1.54, 1.807) is 6.92 Å². The first-order valence-electron chi connectivity index (χ1n) is 6.47. The van der Waals surface area contributed by atoms with Crippen LogP contribution in [0.1, 0.15) is 17.0 Å². The molecule has 3 rings (SSSR count). The van der Waals surface area contributed by atoms with Crippen molar-refractivity contribution in [3.05, 3.63) is 52.4 Å². The lowest BCUT2D eigenvalue weighted by Gasteiger charge is -2.08. The molecule has 7 heteroatoms. The van der Waals surface area contributed by atoms with Gasteiger partial charge >= 0.3 is 6.18 Å². The van der Waals surface area contributed by atoms with Crippen molar-refractivity contribution in [2.75, 3.05) is 0 Å². The second-order valence-electron chi connectivity index (χ2n) is 5.02. The highest BCUT2D eigenvalue weighted by Crippen LogP contribution is 2.34. The summed E-state index contributed by atoms with van der Waals surface area (Å²) < 4.78 is 40.0. The molecule has 2 aromatic heterocycles. The lowest BCUT2D eigenvalue weighted by Crippen LogP contribution is -2.10. The Morgan fingerprint density at radius 1 is 1.09 bits per heavy atom. The Morgan fingerprint density at radius 3 is 2.32 bits per heavy atom. The van der Waals surface area contributed by atoms with E-state index >= 15 is 0 Å². The van der Waals surface area contributed by atoms with Crippen molar-refractivity contribution in [1.29, 1.82) is 0 Å². The first-order valence-corrected chi connectivity index (χ1v) is 6.85. The van der Waals surface area contributed by atoms with E-state index in [2.05, 4.69) is 10.1 Å². The third-order valence-electron chi connectivity index (χ3n) is 3.35. The van der Waals surface area contributed by atoms with E-state index < -0.39 is 11.9 Å². The number of hydrogen-bond acceptors (Lipinski definition) is 2. The van der Waals surface area contributed by atoms with Crippen molar-refractivity contribution in [2.24, 2.45) is 0 Å². The van der Waals surface area contributed by atoms with Crippen LogP contribution >= 0.6 is 11.6 Å². The van der Waals surface area contributed by atoms with Crippen LogP contribution in [0.3, 0.4) is 0 Å². The molecule has 0 amide bonds. The Balaban J connectivity index is 2.32. The summed E-state index contributed by atoms with van der Waals surface area (Å²) in [6, 6.07) is 8.20. The van der Waals surface area contributed by atoms with Gasteiger partial charge in [0.05, 0.1) is 5.69 Å². The molecule has 3 aromatic rings. The van der Waals surface area contributed by atoms with E-state index in [-0.39, 0.29) is 10.8 Å². The van der Waals surface area contributed by atoms with Crippen molar-refractivity contribution in [3.63, 3.8) is 0 Å². The molecule has 0 radical (unpaired) electrons. The van der Waals surface area contributed by atoms with Crippen molar-refractivity contribution >= 4 is 17.2 Å². The molecule has 0 fully saturated rings. The van der Waals surface area contributed by atoms with Gasteiger partial charge < -0.3 is 0 Å². The summed E-state index contributed by atoms with van der Waals surface area (Å²) in [4.78, 5) is 3.72. The van der Waals surface area contributed by atoms with Gasteiger partial charge in [-0.15, -0.1) is 0 Å². The van der Waals surface area contributed by atoms with Crippen molar-refractivity contribution in [1.82, 2.24) is 14.6 Å². The Bertz CT molecular complexity index is 851. The number of fused-ring (bicyclic) bond motifs is 1. The molecule has 22 heavy (non-hydrogen) atoms. The summed E-state index contributed by atoms with van der Waals surface area (Å²) in [5.41, 5.74) is 1.99. The molecule has 0 aliphatic heterocycles. The van der Waals surface area contributed by atoms with Crippen LogP contribution in [-0.2, 0) is 6.18 Å². The van der Waals surface area contributed by atoms with Gasteiger partial charge in [0.15, 0.2) is 5.65 Å². The highest BCUT2D eigenvalue weighted by Gasteiger charge is 2.34. The highest BCUT2D eigenvalue weighted by molar-refractivity contribution is 6.29. The normalized spacial score (nSPS) is 12.1. The summed E-state index contributed by atoms with van der Waals surface area (Å²) in [6.45, 7) is 3.65. The van der Waals surface area contributed by atoms with E-state index in [1.807, 2.05) is 31.2 Å². The molecule has 0 N–H and O–H groups in total. The molecule has 0 aliphatic rings. The van der Waals surface area contributed by atoms with Gasteiger partial charge in [0.1, 0.15) is 10.8 Å². The van der Waals surface area contributed by atoms with Gasteiger partial charge in [-0.05, 0) is 19.4 Å². The van der Waals surface area contributed by atoms with Gasteiger partial charge in [-0.3, -0.25) is 0 Å². The number of nitrogens with zero attached hydrogens (tertiary/aromatic N) is 3. The van der Waals surface area contributed by atoms with E-state index in [1.165, 1.54) is 4.52 Å². The maximum absolute atomic E-state index is 12.9. The number of aromatic nitrogens is 3. The number of aryl methyl sites for hydroxylation is 2. The van der Waals surface area contributed by atoms with Gasteiger partial charge in [0, 0.05) is 11.6 Å². The molecule has 0 saturated carbocycles. The van der Waals surface area contributed by atoms with Crippen LogP contribution in [0.4, 0.5) is 13.2 Å². The fourth-order valence-electron chi connectivity index (χ4n) is 2.29. The van der Waals surface area contributed by atoms with E-state index in [4.69, 9.17) is 11.6 Å². The van der Waals surface area contributed by atoms with Crippen molar-refractivity contribution in [3.8, 4) is 11.1 Å². The molecule has 0 spiro atoms. The Labute approximate surface area is 129 Å². The van der Waals surface area contributed by atoms with Crippen LogP contribution in [0.2, 0.25) is 5.15 Å². The third kappa shape index (κ3) is 2.43. The Kier molecular flexibility index (Phi) is 3.36. The largest absolute Gasteiger partial charge is 0.433 e. The summed E-state index contributed by atoms with van der Waals surface area (Å²) in [5.74, 6) is 0. The summed E-state index contributed by atoms with van der Waals surface area (Å²) >= 11 is 5.93. The van der Waals surface area contributed by atoms with Crippen LogP contribution in [0.15, 0.2) is 30.3 Å². The molecule has 0 atom stereocenters. The maximum atomic E-state index is 12.9. The molecule has 0 aliphatic carbocycles. The SMILES string of the molecule is Cc1ccc(-c2c(C)nn3c(Cl)cc(C(F)(F)F)nc23)cc1. The van der Waals surface area contributed by atoms with Crippen LogP contribution in [0.25, 0.3) is 16.8 Å². The quantitative estimate of drug-likeness (QED) is 0.608. The van der Waals surface area contributed by atoms with Crippen molar-refractivity contribution < 1.29 is 13.2 Å². The topological polar surface area (TPSA) is 30.2 Å². The molecule has 2 heterocycles. The molecule has 3 nitrogen and oxygen atoms in total. The minimum atomic E-state index is -4.56. The van der Waals surface area contributed by atoms with Gasteiger partial charge in [0.25, 0.3) is 0 Å². The minimum absolute atomic E-state index is 0.0983. The second kappa shape index (κ2) is 4.98. The number of alkyl halides is 3. The molecular weight excluding hydrogens is 315 g/mol. The third-order valence-corrected chi connectivity index (χ3v) is 3.62. The zero-order valence-corrected chi connectivity index (χ0v) is 12.5. The second-order valence-corrected chi connectivity index (χ2v) is 5.41. The molecule has 0 saturated heterocycles. The average molecular weight is 326 g/mol. The fourth-order valence-corrected chi connectivity index (χ4v) is 2.51. The zero-order chi connectivity index (χ0) is 16.1. The monoisotopic (exact) mass is 325 g/mol. The molecule has 114 valence electrons.